The minimum absolute atomic E-state index is 0.0346. The molecule has 0 unspecified atom stereocenters. The average molecular weight is 480 g/mol. The molecule has 0 atom stereocenters. The zero-order valence-electron chi connectivity index (χ0n) is 21.6. The monoisotopic (exact) mass is 479 g/mol. The predicted octanol–water partition coefficient (Wildman–Crippen LogP) is 5.50. The van der Waals surface area contributed by atoms with Crippen LogP contribution in [0.5, 0.6) is 0 Å². The molecule has 180 valence electrons. The highest BCUT2D eigenvalue weighted by atomic mass is 28.4. The number of carbonyl (C=O) groups excluding carboxylic acids is 1. The molecule has 0 radical (unpaired) electrons. The van der Waals surface area contributed by atoms with Crippen LogP contribution in [0.4, 0.5) is 0 Å². The van der Waals surface area contributed by atoms with Crippen molar-refractivity contribution in [3.05, 3.63) is 0 Å². The number of carbonyl (C=O) groups is 1. The van der Waals surface area contributed by atoms with E-state index in [1.54, 1.807) is 0 Å². The summed E-state index contributed by atoms with van der Waals surface area (Å²) in [5, 5.41) is 0.0346. The molecule has 0 saturated heterocycles. The molecule has 0 spiro atoms. The van der Waals surface area contributed by atoms with E-state index in [1.807, 2.05) is 20.8 Å². The van der Waals surface area contributed by atoms with Gasteiger partial charge in [0.15, 0.2) is 0 Å². The van der Waals surface area contributed by atoms with E-state index in [9.17, 15) is 4.79 Å². The SMILES string of the molecule is CCO[Si](CCCN(CCC(=O)O[Si](C)(C)C(C)(C)C)[Si](C)(C)C)(OCC)OCC. The molecule has 0 N–H and O–H groups in total. The van der Waals surface area contributed by atoms with Crippen LogP contribution in [0.25, 0.3) is 0 Å². The van der Waals surface area contributed by atoms with Crippen molar-refractivity contribution in [3.8, 4) is 0 Å². The van der Waals surface area contributed by atoms with Crippen molar-refractivity contribution in [1.29, 1.82) is 0 Å². The Labute approximate surface area is 189 Å². The Balaban J connectivity index is 4.94. The molecule has 0 aliphatic heterocycles. The van der Waals surface area contributed by atoms with E-state index in [-0.39, 0.29) is 11.0 Å². The van der Waals surface area contributed by atoms with Gasteiger partial charge in [0, 0.05) is 32.4 Å². The Bertz CT molecular complexity index is 487. The van der Waals surface area contributed by atoms with Crippen molar-refractivity contribution < 1.29 is 22.5 Å². The summed E-state index contributed by atoms with van der Waals surface area (Å²) >= 11 is 0. The summed E-state index contributed by atoms with van der Waals surface area (Å²) in [6.45, 7) is 27.1. The highest BCUT2D eigenvalue weighted by molar-refractivity contribution is 6.75. The fraction of sp³-hybridized carbons (Fsp3) is 0.952. The molecule has 0 fully saturated rings. The van der Waals surface area contributed by atoms with Gasteiger partial charge in [-0.25, -0.2) is 0 Å². The third kappa shape index (κ3) is 10.5. The maximum Gasteiger partial charge on any atom is 0.500 e. The second-order valence-corrected chi connectivity index (χ2v) is 22.7. The first kappa shape index (κ1) is 30.0. The molecule has 0 bridgehead atoms. The lowest BCUT2D eigenvalue weighted by molar-refractivity contribution is -0.135. The third-order valence-corrected chi connectivity index (χ3v) is 15.6. The lowest BCUT2D eigenvalue weighted by Gasteiger charge is -2.37. The molecule has 0 rings (SSSR count). The van der Waals surface area contributed by atoms with Gasteiger partial charge in [0.1, 0.15) is 8.24 Å². The quantitative estimate of drug-likeness (QED) is 0.289. The maximum atomic E-state index is 12.6. The predicted molar refractivity (Wildman–Crippen MR) is 133 cm³/mol. The van der Waals surface area contributed by atoms with Gasteiger partial charge in [0.25, 0.3) is 14.3 Å². The van der Waals surface area contributed by atoms with Gasteiger partial charge in [-0.3, -0.25) is 4.79 Å². The van der Waals surface area contributed by atoms with Crippen LogP contribution in [0.2, 0.25) is 43.8 Å². The van der Waals surface area contributed by atoms with E-state index in [0.29, 0.717) is 26.2 Å². The molecule has 30 heavy (non-hydrogen) atoms. The third-order valence-electron chi connectivity index (χ3n) is 5.71. The highest BCUT2D eigenvalue weighted by Crippen LogP contribution is 2.36. The van der Waals surface area contributed by atoms with Gasteiger partial charge in [-0.1, -0.05) is 40.4 Å². The standard InChI is InChI=1S/C21H49NO5Si3/c1-12-24-30(25-13-2,26-14-3)19-15-17-22(28(7,8)9)18-16-20(23)27-29(10,11)21(4,5)6/h12-19H2,1-11H3. The van der Waals surface area contributed by atoms with E-state index in [2.05, 4.69) is 58.1 Å². The van der Waals surface area contributed by atoms with Gasteiger partial charge in [0.05, 0.1) is 6.42 Å². The van der Waals surface area contributed by atoms with Gasteiger partial charge in [0.2, 0.25) is 0 Å². The van der Waals surface area contributed by atoms with Crippen molar-refractivity contribution in [1.82, 2.24) is 4.57 Å². The summed E-state index contributed by atoms with van der Waals surface area (Å²) in [5.74, 6) is -0.0634. The summed E-state index contributed by atoms with van der Waals surface area (Å²) in [7, 11) is -6.25. The van der Waals surface area contributed by atoms with Crippen LogP contribution < -0.4 is 0 Å². The van der Waals surface area contributed by atoms with Crippen LogP contribution in [0.15, 0.2) is 0 Å². The number of rotatable bonds is 15. The van der Waals surface area contributed by atoms with Gasteiger partial charge < -0.3 is 22.3 Å². The van der Waals surface area contributed by atoms with Crippen molar-refractivity contribution in [2.75, 3.05) is 32.9 Å². The van der Waals surface area contributed by atoms with Crippen LogP contribution in [0, 0.1) is 0 Å². The Morgan fingerprint density at radius 2 is 1.30 bits per heavy atom. The molecule has 0 aromatic carbocycles. The molecule has 0 aliphatic carbocycles. The van der Waals surface area contributed by atoms with Crippen LogP contribution in [-0.4, -0.2) is 68.8 Å². The minimum Gasteiger partial charge on any atom is -0.519 e. The second kappa shape index (κ2) is 12.9. The van der Waals surface area contributed by atoms with Gasteiger partial charge >= 0.3 is 8.80 Å². The molecule has 6 nitrogen and oxygen atoms in total. The Hall–Kier alpha value is -0.0394. The molecule has 0 heterocycles. The smallest absolute Gasteiger partial charge is 0.500 e. The molecule has 9 heteroatoms. The minimum atomic E-state index is -2.62. The van der Waals surface area contributed by atoms with Crippen LogP contribution >= 0.6 is 0 Å². The zero-order chi connectivity index (χ0) is 23.6. The second-order valence-electron chi connectivity index (χ2n) is 10.2. The van der Waals surface area contributed by atoms with E-state index in [0.717, 1.165) is 25.6 Å². The summed E-state index contributed by atoms with van der Waals surface area (Å²) in [5.41, 5.74) is 0. The van der Waals surface area contributed by atoms with E-state index < -0.39 is 25.4 Å². The molecule has 0 aliphatic rings. The normalized spacial score (nSPS) is 13.7. The fourth-order valence-electron chi connectivity index (χ4n) is 2.99. The van der Waals surface area contributed by atoms with Crippen molar-refractivity contribution >= 4 is 31.3 Å². The van der Waals surface area contributed by atoms with Crippen LogP contribution in [0.1, 0.15) is 54.4 Å². The van der Waals surface area contributed by atoms with Crippen molar-refractivity contribution in [3.63, 3.8) is 0 Å². The fourth-order valence-corrected chi connectivity index (χ4v) is 8.17. The largest absolute Gasteiger partial charge is 0.519 e. The van der Waals surface area contributed by atoms with Gasteiger partial charge in [-0.2, -0.15) is 0 Å². The molecule has 0 aromatic rings. The van der Waals surface area contributed by atoms with E-state index in [1.165, 1.54) is 0 Å². The van der Waals surface area contributed by atoms with E-state index in [4.69, 9.17) is 17.7 Å². The average Bonchev–Trinajstić information content (AvgIpc) is 2.56. The van der Waals surface area contributed by atoms with Crippen molar-refractivity contribution in [2.24, 2.45) is 0 Å². The van der Waals surface area contributed by atoms with Gasteiger partial charge in [-0.15, -0.1) is 0 Å². The first-order chi connectivity index (χ1) is 13.6. The summed E-state index contributed by atoms with van der Waals surface area (Å²) in [4.78, 5) is 12.6. The first-order valence-corrected chi connectivity index (χ1v) is 19.8. The highest BCUT2D eigenvalue weighted by Gasteiger charge is 2.41. The lowest BCUT2D eigenvalue weighted by Crippen LogP contribution is -2.50. The van der Waals surface area contributed by atoms with Crippen molar-refractivity contribution in [2.45, 2.75) is 98.2 Å². The summed E-state index contributed by atoms with van der Waals surface area (Å²) in [6, 6.07) is 0.803. The molecule has 0 saturated carbocycles. The number of hydrogen-bond acceptors (Lipinski definition) is 6. The molecular formula is C21H49NO5Si3. The summed E-state index contributed by atoms with van der Waals surface area (Å²) < 4.78 is 26.4. The summed E-state index contributed by atoms with van der Waals surface area (Å²) in [6.07, 6.45) is 1.38. The topological polar surface area (TPSA) is 57.2 Å². The maximum absolute atomic E-state index is 12.6. The molecule has 0 amide bonds. The Morgan fingerprint density at radius 3 is 1.67 bits per heavy atom. The number of hydrogen-bond donors (Lipinski definition) is 0. The van der Waals surface area contributed by atoms with Crippen LogP contribution in [0.3, 0.4) is 0 Å². The molecule has 0 aromatic heterocycles. The van der Waals surface area contributed by atoms with E-state index >= 15 is 0 Å². The first-order valence-electron chi connectivity index (χ1n) is 11.5. The van der Waals surface area contributed by atoms with Crippen LogP contribution in [-0.2, 0) is 22.5 Å². The zero-order valence-corrected chi connectivity index (χ0v) is 24.6. The lowest BCUT2D eigenvalue weighted by atomic mass is 10.2. The Morgan fingerprint density at radius 1 is 0.833 bits per heavy atom. The van der Waals surface area contributed by atoms with Gasteiger partial charge in [-0.05, 0) is 51.9 Å². The molecular weight excluding hydrogens is 430 g/mol. The Kier molecular flexibility index (Phi) is 12.8. The number of nitrogens with zero attached hydrogens (tertiary/aromatic N) is 1.